The third-order valence-corrected chi connectivity index (χ3v) is 8.02. The number of aromatic amines is 1. The monoisotopic (exact) mass is 499 g/mol. The number of halogens is 1. The van der Waals surface area contributed by atoms with E-state index < -0.39 is 5.54 Å². The van der Waals surface area contributed by atoms with E-state index in [4.69, 9.17) is 16.3 Å². The van der Waals surface area contributed by atoms with Crippen LogP contribution in [0.3, 0.4) is 0 Å². The lowest BCUT2D eigenvalue weighted by Crippen LogP contribution is -2.67. The van der Waals surface area contributed by atoms with E-state index in [2.05, 4.69) is 11.1 Å². The maximum absolute atomic E-state index is 14.2. The first-order chi connectivity index (χ1) is 17.4. The average molecular weight is 500 g/mol. The van der Waals surface area contributed by atoms with E-state index in [1.807, 2.05) is 67.6 Å². The van der Waals surface area contributed by atoms with Crippen molar-refractivity contribution >= 4 is 34.3 Å². The zero-order valence-electron chi connectivity index (χ0n) is 20.1. The first-order valence-electron chi connectivity index (χ1n) is 12.0. The lowest BCUT2D eigenvalue weighted by atomic mass is 9.76. The summed E-state index contributed by atoms with van der Waals surface area (Å²) in [7, 11) is 1.66. The van der Waals surface area contributed by atoms with Crippen LogP contribution in [-0.4, -0.2) is 46.8 Å². The summed E-state index contributed by atoms with van der Waals surface area (Å²) in [6.45, 7) is 2.53. The predicted molar refractivity (Wildman–Crippen MR) is 139 cm³/mol. The topological polar surface area (TPSA) is 65.6 Å². The summed E-state index contributed by atoms with van der Waals surface area (Å²) in [5.74, 6) is 0.410. The minimum Gasteiger partial charge on any atom is -0.496 e. The highest BCUT2D eigenvalue weighted by Gasteiger charge is 2.56. The molecule has 0 saturated carbocycles. The number of rotatable bonds is 4. The second-order valence-corrected chi connectivity index (χ2v) is 9.99. The van der Waals surface area contributed by atoms with Crippen molar-refractivity contribution in [1.29, 1.82) is 0 Å². The van der Waals surface area contributed by atoms with Gasteiger partial charge in [0, 0.05) is 40.5 Å². The molecule has 6 rings (SSSR count). The van der Waals surface area contributed by atoms with Gasteiger partial charge in [-0.05, 0) is 36.2 Å². The number of fused-ring (bicyclic) bond motifs is 5. The molecule has 2 aliphatic heterocycles. The lowest BCUT2D eigenvalue weighted by molar-refractivity contribution is -0.166. The number of aromatic nitrogens is 1. The summed E-state index contributed by atoms with van der Waals surface area (Å²) in [5, 5.41) is 1.63. The van der Waals surface area contributed by atoms with E-state index in [9.17, 15) is 9.59 Å². The molecule has 1 fully saturated rings. The van der Waals surface area contributed by atoms with Gasteiger partial charge in [-0.3, -0.25) is 9.59 Å². The second-order valence-electron chi connectivity index (χ2n) is 9.58. The Morgan fingerprint density at radius 2 is 1.75 bits per heavy atom. The second kappa shape index (κ2) is 8.42. The summed E-state index contributed by atoms with van der Waals surface area (Å²) in [6, 6.07) is 23.4. The lowest BCUT2D eigenvalue weighted by Gasteiger charge is -2.51. The summed E-state index contributed by atoms with van der Waals surface area (Å²) in [4.78, 5) is 34.8. The van der Waals surface area contributed by atoms with Gasteiger partial charge in [-0.15, -0.1) is 0 Å². The van der Waals surface area contributed by atoms with Crippen LogP contribution in [0.5, 0.6) is 5.75 Å². The first-order valence-corrected chi connectivity index (χ1v) is 12.4. The standard InChI is InChI=1S/C29H26ClN3O3/c1-29-27-26(20-11-4-7-13-23(20)31-27)21(19-10-5-8-14-24(19)36-2)16-33(29)25(34)17-32(28(29)35)15-18-9-3-6-12-22(18)30/h3-14,21,31H,15-17H2,1-2H3/t21-,29-/m0/s1. The van der Waals surface area contributed by atoms with Crippen molar-refractivity contribution in [1.82, 2.24) is 14.8 Å². The van der Waals surface area contributed by atoms with Crippen LogP contribution in [0.4, 0.5) is 0 Å². The SMILES string of the molecule is COc1ccccc1[C@@H]1CN2C(=O)CN(Cc3ccccc3Cl)C(=O)[C@]2(C)c2[nH]c3ccccc3c21. The van der Waals surface area contributed by atoms with E-state index in [0.29, 0.717) is 11.6 Å². The molecule has 0 unspecified atom stereocenters. The van der Waals surface area contributed by atoms with Gasteiger partial charge in [0.25, 0.3) is 5.91 Å². The largest absolute Gasteiger partial charge is 0.496 e. The van der Waals surface area contributed by atoms with Crippen LogP contribution in [-0.2, 0) is 21.7 Å². The summed E-state index contributed by atoms with van der Waals surface area (Å²) in [6.07, 6.45) is 0. The highest BCUT2D eigenvalue weighted by Crippen LogP contribution is 2.49. The van der Waals surface area contributed by atoms with Gasteiger partial charge in [-0.1, -0.05) is 66.2 Å². The molecule has 6 nitrogen and oxygen atoms in total. The molecule has 1 aromatic heterocycles. The molecule has 4 aromatic rings. The van der Waals surface area contributed by atoms with E-state index in [1.54, 1.807) is 23.0 Å². The molecule has 3 aromatic carbocycles. The molecule has 1 saturated heterocycles. The molecular formula is C29H26ClN3O3. The zero-order valence-corrected chi connectivity index (χ0v) is 20.9. The quantitative estimate of drug-likeness (QED) is 0.427. The van der Waals surface area contributed by atoms with E-state index in [-0.39, 0.29) is 30.8 Å². The Morgan fingerprint density at radius 1 is 1.03 bits per heavy atom. The Kier molecular flexibility index (Phi) is 5.30. The number of amides is 2. The van der Waals surface area contributed by atoms with Crippen molar-refractivity contribution in [3.8, 4) is 5.75 Å². The fourth-order valence-corrected chi connectivity index (χ4v) is 6.07. The number of H-pyrrole nitrogens is 1. The van der Waals surface area contributed by atoms with Crippen LogP contribution < -0.4 is 4.74 Å². The Labute approximate surface area is 214 Å². The van der Waals surface area contributed by atoms with Crippen molar-refractivity contribution in [2.75, 3.05) is 20.2 Å². The first kappa shape index (κ1) is 22.7. The number of hydrogen-bond acceptors (Lipinski definition) is 3. The van der Waals surface area contributed by atoms with Crippen molar-refractivity contribution in [2.45, 2.75) is 24.9 Å². The molecule has 0 radical (unpaired) electrons. The van der Waals surface area contributed by atoms with Crippen LogP contribution in [0, 0.1) is 0 Å². The van der Waals surface area contributed by atoms with Gasteiger partial charge >= 0.3 is 0 Å². The number of carbonyl (C=O) groups excluding carboxylic acids is 2. The minimum atomic E-state index is -1.16. The van der Waals surface area contributed by atoms with E-state index in [0.717, 1.165) is 39.0 Å². The molecule has 2 aliphatic rings. The Hall–Kier alpha value is -3.77. The summed E-state index contributed by atoms with van der Waals surface area (Å²) in [5.41, 5.74) is 3.38. The van der Waals surface area contributed by atoms with Crippen molar-refractivity contribution < 1.29 is 14.3 Å². The highest BCUT2D eigenvalue weighted by molar-refractivity contribution is 6.31. The third kappa shape index (κ3) is 3.24. The van der Waals surface area contributed by atoms with Gasteiger partial charge in [0.05, 0.1) is 12.8 Å². The normalized spacial score (nSPS) is 21.5. The van der Waals surface area contributed by atoms with Gasteiger partial charge in [0.2, 0.25) is 5.91 Å². The number of nitrogens with zero attached hydrogens (tertiary/aromatic N) is 2. The smallest absolute Gasteiger partial charge is 0.255 e. The van der Waals surface area contributed by atoms with E-state index >= 15 is 0 Å². The van der Waals surface area contributed by atoms with Gasteiger partial charge in [-0.2, -0.15) is 0 Å². The van der Waals surface area contributed by atoms with Crippen molar-refractivity contribution in [2.24, 2.45) is 0 Å². The number of carbonyl (C=O) groups is 2. The van der Waals surface area contributed by atoms with Crippen LogP contribution in [0.15, 0.2) is 72.8 Å². The Morgan fingerprint density at radius 3 is 2.56 bits per heavy atom. The van der Waals surface area contributed by atoms with Gasteiger partial charge in [0.1, 0.15) is 12.3 Å². The number of benzene rings is 3. The van der Waals surface area contributed by atoms with Gasteiger partial charge in [0.15, 0.2) is 5.54 Å². The molecule has 2 atom stereocenters. The third-order valence-electron chi connectivity index (χ3n) is 7.65. The molecule has 36 heavy (non-hydrogen) atoms. The maximum atomic E-state index is 14.2. The predicted octanol–water partition coefficient (Wildman–Crippen LogP) is 5.06. The van der Waals surface area contributed by atoms with Crippen LogP contribution in [0.1, 0.15) is 35.2 Å². The van der Waals surface area contributed by atoms with Gasteiger partial charge in [-0.25, -0.2) is 0 Å². The molecule has 7 heteroatoms. The molecule has 0 spiro atoms. The fourth-order valence-electron chi connectivity index (χ4n) is 5.87. The van der Waals surface area contributed by atoms with Crippen LogP contribution in [0.2, 0.25) is 5.02 Å². The molecule has 3 heterocycles. The molecule has 1 N–H and O–H groups in total. The van der Waals surface area contributed by atoms with Crippen LogP contribution in [0.25, 0.3) is 10.9 Å². The number of ether oxygens (including phenoxy) is 1. The number of hydrogen-bond donors (Lipinski definition) is 1. The summed E-state index contributed by atoms with van der Waals surface area (Å²) < 4.78 is 5.70. The van der Waals surface area contributed by atoms with Crippen molar-refractivity contribution in [3.63, 3.8) is 0 Å². The van der Waals surface area contributed by atoms with Crippen molar-refractivity contribution in [3.05, 3.63) is 100 Å². The molecule has 0 bridgehead atoms. The van der Waals surface area contributed by atoms with Crippen LogP contribution >= 0.6 is 11.6 Å². The number of methoxy groups -OCH3 is 1. The number of nitrogens with one attached hydrogen (secondary N) is 1. The number of piperazine rings is 1. The fraction of sp³-hybridized carbons (Fsp3) is 0.241. The number of para-hydroxylation sites is 2. The Bertz CT molecular complexity index is 1510. The molecule has 0 aliphatic carbocycles. The zero-order chi connectivity index (χ0) is 25.0. The molecule has 182 valence electrons. The minimum absolute atomic E-state index is 0.00779. The molecular weight excluding hydrogens is 474 g/mol. The maximum Gasteiger partial charge on any atom is 0.255 e. The highest BCUT2D eigenvalue weighted by atomic mass is 35.5. The molecule has 2 amide bonds. The Balaban J connectivity index is 1.53. The summed E-state index contributed by atoms with van der Waals surface area (Å²) >= 11 is 6.40. The van der Waals surface area contributed by atoms with Gasteiger partial charge < -0.3 is 19.5 Å². The van der Waals surface area contributed by atoms with E-state index in [1.165, 1.54) is 0 Å². The average Bonchev–Trinajstić information content (AvgIpc) is 3.29.